The number of aryl methyl sites for hydroxylation is 1. The zero-order valence-corrected chi connectivity index (χ0v) is 14.8. The molecule has 0 aromatic carbocycles. The predicted molar refractivity (Wildman–Crippen MR) is 91.7 cm³/mol. The first-order valence-electron chi connectivity index (χ1n) is 8.41. The number of pyridine rings is 1. The van der Waals surface area contributed by atoms with E-state index in [1.54, 1.807) is 19.5 Å². The van der Waals surface area contributed by atoms with Gasteiger partial charge in [0.2, 0.25) is 5.88 Å². The van der Waals surface area contributed by atoms with Crippen molar-refractivity contribution in [1.29, 1.82) is 0 Å². The lowest BCUT2D eigenvalue weighted by atomic mass is 10.2. The summed E-state index contributed by atoms with van der Waals surface area (Å²) in [6, 6.07) is 3.95. The lowest BCUT2D eigenvalue weighted by molar-refractivity contribution is 0.279. The Kier molecular flexibility index (Phi) is 4.24. The van der Waals surface area contributed by atoms with Gasteiger partial charge in [-0.05, 0) is 25.0 Å². The summed E-state index contributed by atoms with van der Waals surface area (Å²) in [5.74, 6) is 3.43. The van der Waals surface area contributed by atoms with Gasteiger partial charge in [0.25, 0.3) is 5.89 Å². The lowest BCUT2D eigenvalue weighted by Crippen LogP contribution is -2.06. The molecule has 0 amide bonds. The van der Waals surface area contributed by atoms with E-state index in [2.05, 4.69) is 32.0 Å². The Bertz CT molecular complexity index is 882. The Morgan fingerprint density at radius 3 is 2.73 bits per heavy atom. The molecule has 1 saturated carbocycles. The topological polar surface area (TPSA) is 96.1 Å². The Morgan fingerprint density at radius 2 is 2.04 bits per heavy atom. The standard InChI is InChI=1S/C18H19N5O3/c1-10-14(16(10)15-5-4-12(24-3)6-20-15)8-25-18-13(7-19-11(2)23-18)17-21-9-22-26-17/h4-7,9-10,14,16H,8H2,1-3H3/t10-,14?,16?/m1/s1. The molecule has 8 nitrogen and oxygen atoms in total. The summed E-state index contributed by atoms with van der Waals surface area (Å²) in [4.78, 5) is 17.1. The molecule has 3 atom stereocenters. The van der Waals surface area contributed by atoms with Gasteiger partial charge in [0.05, 0.1) is 19.9 Å². The number of ether oxygens (including phenoxy) is 2. The van der Waals surface area contributed by atoms with Crippen molar-refractivity contribution < 1.29 is 14.0 Å². The van der Waals surface area contributed by atoms with Crippen LogP contribution < -0.4 is 9.47 Å². The SMILES string of the molecule is COc1ccc(C2C(COc3nc(C)ncc3-c3ncno3)[C@H]2C)nc1. The molecule has 0 aliphatic heterocycles. The number of nitrogens with zero attached hydrogens (tertiary/aromatic N) is 5. The molecule has 3 aromatic heterocycles. The molecule has 0 saturated heterocycles. The van der Waals surface area contributed by atoms with Crippen molar-refractivity contribution in [3.8, 4) is 23.1 Å². The number of aromatic nitrogens is 5. The molecule has 2 unspecified atom stereocenters. The Balaban J connectivity index is 1.47. The molecule has 0 spiro atoms. The van der Waals surface area contributed by atoms with Crippen LogP contribution in [0.25, 0.3) is 11.5 Å². The first-order valence-corrected chi connectivity index (χ1v) is 8.41. The Hall–Kier alpha value is -3.03. The van der Waals surface area contributed by atoms with Crippen LogP contribution >= 0.6 is 0 Å². The van der Waals surface area contributed by atoms with E-state index < -0.39 is 0 Å². The molecule has 1 aliphatic rings. The predicted octanol–water partition coefficient (Wildman–Crippen LogP) is 2.67. The lowest BCUT2D eigenvalue weighted by Gasteiger charge is -2.08. The first kappa shape index (κ1) is 16.4. The van der Waals surface area contributed by atoms with Crippen LogP contribution in [-0.2, 0) is 0 Å². The van der Waals surface area contributed by atoms with Gasteiger partial charge in [0.1, 0.15) is 17.1 Å². The summed E-state index contributed by atoms with van der Waals surface area (Å²) in [6.07, 6.45) is 4.73. The van der Waals surface area contributed by atoms with Gasteiger partial charge in [-0.1, -0.05) is 12.1 Å². The highest BCUT2D eigenvalue weighted by molar-refractivity contribution is 5.58. The highest BCUT2D eigenvalue weighted by Gasteiger charge is 2.49. The smallest absolute Gasteiger partial charge is 0.264 e. The van der Waals surface area contributed by atoms with Gasteiger partial charge >= 0.3 is 0 Å². The minimum Gasteiger partial charge on any atom is -0.495 e. The number of hydrogen-bond acceptors (Lipinski definition) is 8. The third kappa shape index (κ3) is 3.10. The van der Waals surface area contributed by atoms with Crippen LogP contribution in [0.5, 0.6) is 11.6 Å². The van der Waals surface area contributed by atoms with Crippen LogP contribution in [-0.4, -0.2) is 38.8 Å². The molecule has 3 aromatic rings. The third-order valence-corrected chi connectivity index (χ3v) is 4.78. The van der Waals surface area contributed by atoms with Crippen LogP contribution in [0.15, 0.2) is 35.4 Å². The van der Waals surface area contributed by atoms with E-state index in [1.807, 2.05) is 19.1 Å². The van der Waals surface area contributed by atoms with Crippen LogP contribution in [0, 0.1) is 18.8 Å². The highest BCUT2D eigenvalue weighted by Crippen LogP contribution is 2.53. The molecule has 0 bridgehead atoms. The largest absolute Gasteiger partial charge is 0.495 e. The van der Waals surface area contributed by atoms with Gasteiger partial charge in [0, 0.05) is 23.7 Å². The minimum atomic E-state index is 0.345. The Labute approximate surface area is 150 Å². The molecule has 8 heteroatoms. The summed E-state index contributed by atoms with van der Waals surface area (Å²) in [5, 5.41) is 3.63. The quantitative estimate of drug-likeness (QED) is 0.667. The van der Waals surface area contributed by atoms with Crippen molar-refractivity contribution in [2.45, 2.75) is 19.8 Å². The Morgan fingerprint density at radius 1 is 1.15 bits per heavy atom. The van der Waals surface area contributed by atoms with E-state index in [-0.39, 0.29) is 0 Å². The monoisotopic (exact) mass is 353 g/mol. The zero-order valence-electron chi connectivity index (χ0n) is 14.8. The number of rotatable bonds is 6. The molecule has 0 N–H and O–H groups in total. The molecule has 26 heavy (non-hydrogen) atoms. The van der Waals surface area contributed by atoms with Crippen LogP contribution in [0.3, 0.4) is 0 Å². The van der Waals surface area contributed by atoms with Crippen molar-refractivity contribution >= 4 is 0 Å². The second-order valence-electron chi connectivity index (χ2n) is 6.37. The van der Waals surface area contributed by atoms with Gasteiger partial charge in [-0.3, -0.25) is 4.98 Å². The van der Waals surface area contributed by atoms with Gasteiger partial charge in [-0.15, -0.1) is 0 Å². The van der Waals surface area contributed by atoms with Gasteiger partial charge in [-0.2, -0.15) is 9.97 Å². The summed E-state index contributed by atoms with van der Waals surface area (Å²) in [5.41, 5.74) is 1.66. The normalized spacial score (nSPS) is 21.4. The summed E-state index contributed by atoms with van der Waals surface area (Å²) in [7, 11) is 1.64. The van der Waals surface area contributed by atoms with Crippen LogP contribution in [0.4, 0.5) is 0 Å². The van der Waals surface area contributed by atoms with Crippen molar-refractivity contribution in [2.24, 2.45) is 11.8 Å². The average Bonchev–Trinajstić information content (AvgIpc) is 3.05. The van der Waals surface area contributed by atoms with E-state index in [9.17, 15) is 0 Å². The van der Waals surface area contributed by atoms with Crippen LogP contribution in [0.1, 0.15) is 24.4 Å². The van der Waals surface area contributed by atoms with Crippen LogP contribution in [0.2, 0.25) is 0 Å². The summed E-state index contributed by atoms with van der Waals surface area (Å²) >= 11 is 0. The van der Waals surface area contributed by atoms with Crippen molar-refractivity contribution in [3.63, 3.8) is 0 Å². The second-order valence-corrected chi connectivity index (χ2v) is 6.37. The second kappa shape index (κ2) is 6.70. The molecule has 1 fully saturated rings. The summed E-state index contributed by atoms with van der Waals surface area (Å²) in [6.45, 7) is 4.56. The fourth-order valence-corrected chi connectivity index (χ4v) is 3.17. The fraction of sp³-hybridized carbons (Fsp3) is 0.389. The highest BCUT2D eigenvalue weighted by atomic mass is 16.5. The molecule has 1 aliphatic carbocycles. The maximum Gasteiger partial charge on any atom is 0.264 e. The molecular formula is C18H19N5O3. The van der Waals surface area contributed by atoms with E-state index in [0.717, 1.165) is 11.4 Å². The van der Waals surface area contributed by atoms with Gasteiger partial charge in [0.15, 0.2) is 6.33 Å². The molecule has 134 valence electrons. The third-order valence-electron chi connectivity index (χ3n) is 4.78. The van der Waals surface area contributed by atoms with E-state index in [0.29, 0.717) is 47.5 Å². The van der Waals surface area contributed by atoms with E-state index in [1.165, 1.54) is 6.33 Å². The minimum absolute atomic E-state index is 0.345. The van der Waals surface area contributed by atoms with Crippen molar-refractivity contribution in [2.75, 3.05) is 13.7 Å². The molecule has 4 rings (SSSR count). The first-order chi connectivity index (χ1) is 12.7. The average molecular weight is 353 g/mol. The van der Waals surface area contributed by atoms with Crippen molar-refractivity contribution in [3.05, 3.63) is 42.4 Å². The van der Waals surface area contributed by atoms with Crippen molar-refractivity contribution in [1.82, 2.24) is 25.1 Å². The van der Waals surface area contributed by atoms with E-state index in [4.69, 9.17) is 14.0 Å². The maximum atomic E-state index is 6.00. The fourth-order valence-electron chi connectivity index (χ4n) is 3.17. The molecule has 0 radical (unpaired) electrons. The molecule has 3 heterocycles. The van der Waals surface area contributed by atoms with Gasteiger partial charge < -0.3 is 14.0 Å². The number of methoxy groups -OCH3 is 1. The van der Waals surface area contributed by atoms with E-state index >= 15 is 0 Å². The zero-order chi connectivity index (χ0) is 18.1. The van der Waals surface area contributed by atoms with Gasteiger partial charge in [-0.25, -0.2) is 4.98 Å². The molecular weight excluding hydrogens is 334 g/mol. The maximum absolute atomic E-state index is 6.00. The number of hydrogen-bond donors (Lipinski definition) is 0. The summed E-state index contributed by atoms with van der Waals surface area (Å²) < 4.78 is 16.3.